The molecule has 1 fully saturated rings. The molecule has 1 nitrogen and oxygen atoms in total. The molecular formula is C7H15NS2. The van der Waals surface area contributed by atoms with Gasteiger partial charge in [-0.2, -0.15) is 0 Å². The van der Waals surface area contributed by atoms with E-state index in [0.29, 0.717) is 5.37 Å². The average Bonchev–Trinajstić information content (AvgIpc) is 2.04. The Kier molecular flexibility index (Phi) is 3.96. The lowest BCUT2D eigenvalue weighted by Gasteiger charge is -2.32. The van der Waals surface area contributed by atoms with Crippen LogP contribution in [0.1, 0.15) is 26.2 Å². The summed E-state index contributed by atoms with van der Waals surface area (Å²) in [6.45, 7) is 4.68. The summed E-state index contributed by atoms with van der Waals surface area (Å²) < 4.78 is 0. The predicted molar refractivity (Wildman–Crippen MR) is 51.5 cm³/mol. The molecule has 1 saturated heterocycles. The minimum absolute atomic E-state index is 0.682. The Balaban J connectivity index is 2.34. The van der Waals surface area contributed by atoms with Gasteiger partial charge in [-0.3, -0.25) is 4.90 Å². The van der Waals surface area contributed by atoms with E-state index in [9.17, 15) is 0 Å². The molecule has 0 spiro atoms. The van der Waals surface area contributed by atoms with Crippen molar-refractivity contribution >= 4 is 22.5 Å². The van der Waals surface area contributed by atoms with E-state index < -0.39 is 0 Å². The predicted octanol–water partition coefficient (Wildman–Crippen LogP) is 2.40. The van der Waals surface area contributed by atoms with Gasteiger partial charge >= 0.3 is 0 Å². The van der Waals surface area contributed by atoms with E-state index in [1.165, 1.54) is 32.4 Å². The van der Waals surface area contributed by atoms with Crippen LogP contribution in [-0.4, -0.2) is 23.4 Å². The Morgan fingerprint density at radius 2 is 2.40 bits per heavy atom. The first-order valence-corrected chi connectivity index (χ1v) is 5.86. The highest BCUT2D eigenvalue weighted by molar-refractivity contribution is 8.68. The Labute approximate surface area is 72.4 Å². The van der Waals surface area contributed by atoms with Crippen molar-refractivity contribution in [3.63, 3.8) is 0 Å². The Morgan fingerprint density at radius 3 is 2.90 bits per heavy atom. The van der Waals surface area contributed by atoms with E-state index in [2.05, 4.69) is 23.5 Å². The molecule has 0 aromatic heterocycles. The number of hydrogen-bond acceptors (Lipinski definition) is 3. The van der Waals surface area contributed by atoms with E-state index in [4.69, 9.17) is 0 Å². The lowest BCUT2D eigenvalue weighted by atomic mass is 10.1. The van der Waals surface area contributed by atoms with Gasteiger partial charge in [0.2, 0.25) is 0 Å². The second-order valence-corrected chi connectivity index (χ2v) is 4.07. The summed E-state index contributed by atoms with van der Waals surface area (Å²) in [6.07, 6.45) is 4.08. The summed E-state index contributed by atoms with van der Waals surface area (Å²) in [4.78, 5) is 2.50. The molecule has 1 unspecified atom stereocenters. The molecule has 3 heteroatoms. The van der Waals surface area contributed by atoms with E-state index >= 15 is 0 Å². The van der Waals surface area contributed by atoms with Gasteiger partial charge in [-0.1, -0.05) is 17.7 Å². The molecule has 1 aliphatic rings. The third kappa shape index (κ3) is 2.07. The summed E-state index contributed by atoms with van der Waals surface area (Å²) in [5.74, 6) is 0. The molecule has 0 aromatic carbocycles. The molecule has 0 bridgehead atoms. The molecule has 0 aromatic rings. The van der Waals surface area contributed by atoms with Crippen LogP contribution in [-0.2, 0) is 0 Å². The Morgan fingerprint density at radius 1 is 1.60 bits per heavy atom. The van der Waals surface area contributed by atoms with Crippen LogP contribution >= 0.6 is 22.5 Å². The lowest BCUT2D eigenvalue weighted by Crippen LogP contribution is -2.36. The highest BCUT2D eigenvalue weighted by Gasteiger charge is 2.19. The first-order valence-electron chi connectivity index (χ1n) is 3.92. The molecule has 0 amide bonds. The molecule has 0 radical (unpaired) electrons. The quantitative estimate of drug-likeness (QED) is 0.509. The van der Waals surface area contributed by atoms with Crippen molar-refractivity contribution in [1.82, 2.24) is 4.90 Å². The van der Waals surface area contributed by atoms with Crippen LogP contribution in [0, 0.1) is 0 Å². The van der Waals surface area contributed by atoms with Crippen molar-refractivity contribution in [1.29, 1.82) is 0 Å². The fraction of sp³-hybridized carbons (Fsp3) is 1.00. The Bertz CT molecular complexity index is 85.6. The molecule has 0 saturated carbocycles. The standard InChI is InChI=1S/C7H15NS2/c1-2-8-6-4-3-5-7(8)10-9/h7,9H,2-6H2,1H3. The van der Waals surface area contributed by atoms with Crippen molar-refractivity contribution in [3.05, 3.63) is 0 Å². The first kappa shape index (κ1) is 8.75. The van der Waals surface area contributed by atoms with E-state index in [1.54, 1.807) is 10.8 Å². The van der Waals surface area contributed by atoms with Crippen LogP contribution in [0.15, 0.2) is 0 Å². The van der Waals surface area contributed by atoms with Gasteiger partial charge in [-0.25, -0.2) is 0 Å². The fourth-order valence-corrected chi connectivity index (χ4v) is 2.82. The van der Waals surface area contributed by atoms with Crippen LogP contribution in [0.3, 0.4) is 0 Å². The number of rotatable bonds is 2. The zero-order valence-corrected chi connectivity index (χ0v) is 8.13. The summed E-state index contributed by atoms with van der Waals surface area (Å²) in [6, 6.07) is 0. The summed E-state index contributed by atoms with van der Waals surface area (Å²) >= 11 is 4.25. The molecule has 1 aliphatic heterocycles. The Hall–Kier alpha value is 0.660. The van der Waals surface area contributed by atoms with Crippen LogP contribution in [0.4, 0.5) is 0 Å². The van der Waals surface area contributed by atoms with E-state index in [0.717, 1.165) is 0 Å². The second-order valence-electron chi connectivity index (χ2n) is 2.68. The largest absolute Gasteiger partial charge is 0.291 e. The maximum Gasteiger partial charge on any atom is 0.0659 e. The maximum atomic E-state index is 4.25. The molecule has 1 rings (SSSR count). The topological polar surface area (TPSA) is 3.24 Å². The van der Waals surface area contributed by atoms with Gasteiger partial charge in [0, 0.05) is 0 Å². The highest BCUT2D eigenvalue weighted by atomic mass is 33.1. The van der Waals surface area contributed by atoms with Crippen LogP contribution < -0.4 is 0 Å². The van der Waals surface area contributed by atoms with E-state index in [1.807, 2.05) is 0 Å². The zero-order chi connectivity index (χ0) is 7.40. The SMILES string of the molecule is CCN1CCCCC1SS. The first-order chi connectivity index (χ1) is 4.88. The van der Waals surface area contributed by atoms with Crippen molar-refractivity contribution in [3.8, 4) is 0 Å². The second kappa shape index (κ2) is 4.52. The lowest BCUT2D eigenvalue weighted by molar-refractivity contribution is 0.218. The maximum absolute atomic E-state index is 4.25. The summed E-state index contributed by atoms with van der Waals surface area (Å²) in [5.41, 5.74) is 0. The molecule has 60 valence electrons. The molecule has 0 aliphatic carbocycles. The van der Waals surface area contributed by atoms with Crippen LogP contribution in [0.5, 0.6) is 0 Å². The van der Waals surface area contributed by atoms with Gasteiger partial charge in [0.05, 0.1) is 5.37 Å². The van der Waals surface area contributed by atoms with Gasteiger partial charge in [0.1, 0.15) is 0 Å². The van der Waals surface area contributed by atoms with Gasteiger partial charge in [-0.05, 0) is 32.4 Å². The van der Waals surface area contributed by atoms with Crippen molar-refractivity contribution in [2.24, 2.45) is 0 Å². The van der Waals surface area contributed by atoms with Crippen LogP contribution in [0.2, 0.25) is 0 Å². The van der Waals surface area contributed by atoms with Crippen molar-refractivity contribution in [2.45, 2.75) is 31.6 Å². The van der Waals surface area contributed by atoms with Gasteiger partial charge in [0.25, 0.3) is 0 Å². The van der Waals surface area contributed by atoms with Crippen molar-refractivity contribution < 1.29 is 0 Å². The van der Waals surface area contributed by atoms with Gasteiger partial charge in [-0.15, -0.1) is 11.7 Å². The highest BCUT2D eigenvalue weighted by Crippen LogP contribution is 2.27. The fourth-order valence-electron chi connectivity index (χ4n) is 1.44. The third-order valence-corrected chi connectivity index (χ3v) is 3.59. The monoisotopic (exact) mass is 177 g/mol. The number of nitrogens with zero attached hydrogens (tertiary/aromatic N) is 1. The molecular weight excluding hydrogens is 162 g/mol. The van der Waals surface area contributed by atoms with Gasteiger partial charge < -0.3 is 0 Å². The number of hydrogen-bond donors (Lipinski definition) is 1. The zero-order valence-electron chi connectivity index (χ0n) is 6.42. The average molecular weight is 177 g/mol. The minimum Gasteiger partial charge on any atom is -0.291 e. The molecule has 10 heavy (non-hydrogen) atoms. The number of likely N-dealkylation sites (tertiary alicyclic amines) is 1. The summed E-state index contributed by atoms with van der Waals surface area (Å²) in [7, 11) is 1.70. The van der Waals surface area contributed by atoms with Gasteiger partial charge in [0.15, 0.2) is 0 Å². The molecule has 1 heterocycles. The van der Waals surface area contributed by atoms with E-state index in [-0.39, 0.29) is 0 Å². The number of thiol groups is 1. The molecule has 1 atom stereocenters. The van der Waals surface area contributed by atoms with Crippen LogP contribution in [0.25, 0.3) is 0 Å². The summed E-state index contributed by atoms with van der Waals surface area (Å²) in [5, 5.41) is 0.682. The van der Waals surface area contributed by atoms with Crippen molar-refractivity contribution in [2.75, 3.05) is 13.1 Å². The normalized spacial score (nSPS) is 28.8. The number of piperidine rings is 1. The molecule has 0 N–H and O–H groups in total. The minimum atomic E-state index is 0.682. The third-order valence-electron chi connectivity index (χ3n) is 2.08. The smallest absolute Gasteiger partial charge is 0.0659 e.